The van der Waals surface area contributed by atoms with Crippen LogP contribution >= 0.6 is 0 Å². The SMILES string of the molecule is CC(C)(C)c1ccc(C(O)CCCN2CCC(C(O)(c3ccccc3)c3ccccc3)C(C=O)C2)cc1. The van der Waals surface area contributed by atoms with Crippen molar-refractivity contribution >= 4 is 6.29 Å². The van der Waals surface area contributed by atoms with Gasteiger partial charge in [-0.2, -0.15) is 0 Å². The van der Waals surface area contributed by atoms with Crippen molar-refractivity contribution in [1.82, 2.24) is 4.90 Å². The maximum atomic E-state index is 12.3. The summed E-state index contributed by atoms with van der Waals surface area (Å²) in [6, 6.07) is 27.8. The number of rotatable bonds is 9. The van der Waals surface area contributed by atoms with Gasteiger partial charge in [0.15, 0.2) is 0 Å². The van der Waals surface area contributed by atoms with E-state index in [-0.39, 0.29) is 17.3 Å². The van der Waals surface area contributed by atoms with Crippen LogP contribution in [-0.4, -0.2) is 41.0 Å². The van der Waals surface area contributed by atoms with Gasteiger partial charge in [0.1, 0.15) is 11.9 Å². The van der Waals surface area contributed by atoms with E-state index in [0.717, 1.165) is 48.9 Å². The number of nitrogens with zero attached hydrogens (tertiary/aromatic N) is 1. The van der Waals surface area contributed by atoms with Gasteiger partial charge >= 0.3 is 0 Å². The van der Waals surface area contributed by atoms with E-state index in [1.165, 1.54) is 5.56 Å². The van der Waals surface area contributed by atoms with Crippen LogP contribution in [0.3, 0.4) is 0 Å². The number of likely N-dealkylation sites (tertiary alicyclic amines) is 1. The Morgan fingerprint density at radius 2 is 1.46 bits per heavy atom. The van der Waals surface area contributed by atoms with Gasteiger partial charge in [-0.25, -0.2) is 0 Å². The first-order chi connectivity index (χ1) is 17.7. The van der Waals surface area contributed by atoms with Crippen molar-refractivity contribution < 1.29 is 15.0 Å². The molecule has 4 nitrogen and oxygen atoms in total. The van der Waals surface area contributed by atoms with E-state index in [1.54, 1.807) is 0 Å². The Morgan fingerprint density at radius 1 is 0.892 bits per heavy atom. The van der Waals surface area contributed by atoms with E-state index < -0.39 is 11.7 Å². The predicted molar refractivity (Wildman–Crippen MR) is 149 cm³/mol. The third-order valence-corrected chi connectivity index (χ3v) is 7.99. The van der Waals surface area contributed by atoms with E-state index >= 15 is 0 Å². The lowest BCUT2D eigenvalue weighted by Gasteiger charge is -2.45. The van der Waals surface area contributed by atoms with Gasteiger partial charge in [-0.1, -0.05) is 106 Å². The van der Waals surface area contributed by atoms with Crippen LogP contribution in [0.15, 0.2) is 84.9 Å². The fourth-order valence-electron chi connectivity index (χ4n) is 5.77. The van der Waals surface area contributed by atoms with Crippen LogP contribution < -0.4 is 0 Å². The lowest BCUT2D eigenvalue weighted by Crippen LogP contribution is -2.50. The molecule has 1 heterocycles. The summed E-state index contributed by atoms with van der Waals surface area (Å²) in [7, 11) is 0. The maximum Gasteiger partial charge on any atom is 0.124 e. The topological polar surface area (TPSA) is 60.8 Å². The summed E-state index contributed by atoms with van der Waals surface area (Å²) in [5, 5.41) is 22.9. The Bertz CT molecular complexity index is 1080. The summed E-state index contributed by atoms with van der Waals surface area (Å²) in [6.07, 6.45) is 2.79. The van der Waals surface area contributed by atoms with Crippen LogP contribution in [0, 0.1) is 11.8 Å². The first-order valence-electron chi connectivity index (χ1n) is 13.5. The molecule has 0 spiro atoms. The Hall–Kier alpha value is -2.79. The van der Waals surface area contributed by atoms with E-state index in [1.807, 2.05) is 72.8 Å². The molecular weight excluding hydrogens is 458 g/mol. The highest BCUT2D eigenvalue weighted by atomic mass is 16.3. The lowest BCUT2D eigenvalue weighted by molar-refractivity contribution is -0.121. The summed E-state index contributed by atoms with van der Waals surface area (Å²) in [4.78, 5) is 14.6. The number of aldehydes is 1. The molecule has 0 bridgehead atoms. The average Bonchev–Trinajstić information content (AvgIpc) is 2.93. The molecule has 1 saturated heterocycles. The van der Waals surface area contributed by atoms with Gasteiger partial charge in [-0.3, -0.25) is 0 Å². The Labute approximate surface area is 222 Å². The Kier molecular flexibility index (Phi) is 8.63. The molecule has 4 rings (SSSR count). The fraction of sp³-hybridized carbons (Fsp3) is 0.424. The standard InChI is InChI=1S/C33H41NO3/c1-32(2,3)27-18-16-25(17-19-27)31(36)15-10-21-34-22-20-30(26(23-34)24-35)33(37,28-11-6-4-7-12-28)29-13-8-5-9-14-29/h4-9,11-14,16-19,24,26,30-31,36-37H,10,15,20-23H2,1-3H3. The molecule has 0 radical (unpaired) electrons. The first-order valence-corrected chi connectivity index (χ1v) is 13.5. The number of carbonyl (C=O) groups excluding carboxylic acids is 1. The number of piperidine rings is 1. The van der Waals surface area contributed by atoms with E-state index in [9.17, 15) is 15.0 Å². The van der Waals surface area contributed by atoms with Crippen molar-refractivity contribution in [3.05, 3.63) is 107 Å². The molecule has 196 valence electrons. The van der Waals surface area contributed by atoms with Crippen LogP contribution in [0.25, 0.3) is 0 Å². The normalized spacial score (nSPS) is 19.9. The maximum absolute atomic E-state index is 12.3. The molecule has 1 fully saturated rings. The molecule has 3 aromatic carbocycles. The second kappa shape index (κ2) is 11.7. The molecule has 1 aliphatic heterocycles. The monoisotopic (exact) mass is 499 g/mol. The number of carbonyl (C=O) groups is 1. The third-order valence-electron chi connectivity index (χ3n) is 7.99. The van der Waals surface area contributed by atoms with Crippen molar-refractivity contribution in [3.8, 4) is 0 Å². The zero-order valence-corrected chi connectivity index (χ0v) is 22.4. The lowest BCUT2D eigenvalue weighted by atomic mass is 9.68. The Balaban J connectivity index is 1.40. The molecule has 3 unspecified atom stereocenters. The van der Waals surface area contributed by atoms with E-state index in [2.05, 4.69) is 37.8 Å². The van der Waals surface area contributed by atoms with E-state index in [4.69, 9.17) is 0 Å². The molecule has 0 amide bonds. The van der Waals surface area contributed by atoms with Gasteiger partial charge < -0.3 is 19.9 Å². The van der Waals surface area contributed by atoms with E-state index in [0.29, 0.717) is 13.0 Å². The molecular formula is C33H41NO3. The predicted octanol–water partition coefficient (Wildman–Crippen LogP) is 5.87. The zero-order chi connectivity index (χ0) is 26.5. The van der Waals surface area contributed by atoms with Crippen LogP contribution in [0.5, 0.6) is 0 Å². The van der Waals surface area contributed by atoms with Gasteiger partial charge in [0.2, 0.25) is 0 Å². The van der Waals surface area contributed by atoms with Crippen molar-refractivity contribution in [3.63, 3.8) is 0 Å². The molecule has 37 heavy (non-hydrogen) atoms. The molecule has 4 heteroatoms. The summed E-state index contributed by atoms with van der Waals surface area (Å²) in [5.41, 5.74) is 2.73. The van der Waals surface area contributed by atoms with Crippen LogP contribution in [0.2, 0.25) is 0 Å². The van der Waals surface area contributed by atoms with Gasteiger partial charge in [0.25, 0.3) is 0 Å². The van der Waals surface area contributed by atoms with Gasteiger partial charge in [0, 0.05) is 18.4 Å². The molecule has 1 aliphatic rings. The van der Waals surface area contributed by atoms with Crippen molar-refractivity contribution in [1.29, 1.82) is 0 Å². The molecule has 0 saturated carbocycles. The first kappa shape index (κ1) is 27.3. The van der Waals surface area contributed by atoms with Crippen LogP contribution in [-0.2, 0) is 15.8 Å². The van der Waals surface area contributed by atoms with Gasteiger partial charge in [-0.05, 0) is 60.0 Å². The highest BCUT2D eigenvalue weighted by molar-refractivity contribution is 5.56. The summed E-state index contributed by atoms with van der Waals surface area (Å²) >= 11 is 0. The minimum absolute atomic E-state index is 0.0951. The number of hydrogen-bond acceptors (Lipinski definition) is 4. The molecule has 3 aromatic rings. The van der Waals surface area contributed by atoms with Crippen molar-refractivity contribution in [2.45, 2.75) is 57.2 Å². The fourth-order valence-corrected chi connectivity index (χ4v) is 5.77. The number of aliphatic hydroxyl groups is 2. The minimum atomic E-state index is -1.23. The molecule has 2 N–H and O–H groups in total. The minimum Gasteiger partial charge on any atom is -0.388 e. The van der Waals surface area contributed by atoms with Crippen molar-refractivity contribution in [2.75, 3.05) is 19.6 Å². The van der Waals surface area contributed by atoms with Crippen LogP contribution in [0.1, 0.15) is 68.4 Å². The highest BCUT2D eigenvalue weighted by Crippen LogP contribution is 2.44. The smallest absolute Gasteiger partial charge is 0.124 e. The average molecular weight is 500 g/mol. The number of benzene rings is 3. The summed E-state index contributed by atoms with van der Waals surface area (Å²) in [5.74, 6) is -0.494. The number of hydrogen-bond donors (Lipinski definition) is 2. The largest absolute Gasteiger partial charge is 0.388 e. The quantitative estimate of drug-likeness (QED) is 0.362. The second-order valence-corrected chi connectivity index (χ2v) is 11.5. The van der Waals surface area contributed by atoms with Gasteiger partial charge in [0.05, 0.1) is 6.10 Å². The molecule has 3 atom stereocenters. The zero-order valence-electron chi connectivity index (χ0n) is 22.4. The van der Waals surface area contributed by atoms with Crippen LogP contribution in [0.4, 0.5) is 0 Å². The molecule has 0 aliphatic carbocycles. The number of aliphatic hydroxyl groups excluding tert-OH is 1. The van der Waals surface area contributed by atoms with Gasteiger partial charge in [-0.15, -0.1) is 0 Å². The summed E-state index contributed by atoms with van der Waals surface area (Å²) in [6.45, 7) is 8.82. The third kappa shape index (κ3) is 6.20. The molecule has 0 aromatic heterocycles. The summed E-state index contributed by atoms with van der Waals surface area (Å²) < 4.78 is 0. The van der Waals surface area contributed by atoms with Crippen molar-refractivity contribution in [2.24, 2.45) is 11.8 Å². The second-order valence-electron chi connectivity index (χ2n) is 11.5. The Morgan fingerprint density at radius 3 is 1.97 bits per heavy atom. The highest BCUT2D eigenvalue weighted by Gasteiger charge is 2.46.